The number of benzene rings is 2. The Morgan fingerprint density at radius 3 is 2.09 bits per heavy atom. The average Bonchev–Trinajstić information content (AvgIpc) is 2.40. The summed E-state index contributed by atoms with van der Waals surface area (Å²) in [7, 11) is 0.198. The Morgan fingerprint density at radius 2 is 1.45 bits per heavy atom. The van der Waals surface area contributed by atoms with Crippen LogP contribution < -0.4 is 5.30 Å². The van der Waals surface area contributed by atoms with Gasteiger partial charge in [-0.1, -0.05) is 29.8 Å². The van der Waals surface area contributed by atoms with E-state index in [1.54, 1.807) is 0 Å². The predicted molar refractivity (Wildman–Crippen MR) is 99.3 cm³/mol. The molecule has 111 valence electrons. The van der Waals surface area contributed by atoms with Crippen LogP contribution in [0.4, 0.5) is 0 Å². The van der Waals surface area contributed by atoms with Crippen molar-refractivity contribution in [3.63, 3.8) is 0 Å². The Hall–Kier alpha value is -0.863. The molecule has 0 fully saturated rings. The smallest absolute Gasteiger partial charge is 0.186 e. The summed E-state index contributed by atoms with van der Waals surface area (Å²) in [6, 6.07) is 8.46. The zero-order valence-corrected chi connectivity index (χ0v) is 15.7. The van der Waals surface area contributed by atoms with E-state index in [1.807, 2.05) is 6.92 Å². The van der Waals surface area contributed by atoms with Gasteiger partial charge in [-0.05, 0) is 83.2 Å². The number of aryl methyl sites for hydroxylation is 4. The molecule has 2 aromatic rings. The third kappa shape index (κ3) is 3.91. The summed E-state index contributed by atoms with van der Waals surface area (Å²) in [5, 5.41) is 1.16. The number of carbonyl (C=O) groups is 1. The standard InChI is InChI=1S/C19H23OP.Li/c1-11-7-8-12(2)17(9-11)21-19(20)18-14(4)10-13(3)15(5)16(18)6;/h7-10,21H,1-6H3;. The van der Waals surface area contributed by atoms with Crippen molar-refractivity contribution >= 4 is 38.3 Å². The first-order chi connectivity index (χ1) is 9.81. The molecule has 0 aliphatic rings. The van der Waals surface area contributed by atoms with Crippen molar-refractivity contribution in [3.8, 4) is 0 Å². The number of hydrogen-bond acceptors (Lipinski definition) is 1. The van der Waals surface area contributed by atoms with E-state index in [0.29, 0.717) is 0 Å². The molecule has 2 rings (SSSR count). The minimum absolute atomic E-state index is 0. The summed E-state index contributed by atoms with van der Waals surface area (Å²) < 4.78 is 0. The van der Waals surface area contributed by atoms with Crippen molar-refractivity contribution in [2.24, 2.45) is 0 Å². The molecule has 1 radical (unpaired) electrons. The van der Waals surface area contributed by atoms with Gasteiger partial charge in [-0.25, -0.2) is 0 Å². The molecule has 0 aliphatic heterocycles. The first-order valence-corrected chi connectivity index (χ1v) is 8.27. The average molecular weight is 305 g/mol. The minimum atomic E-state index is 0. The van der Waals surface area contributed by atoms with Gasteiger partial charge in [0.15, 0.2) is 5.52 Å². The largest absolute Gasteiger partial charge is 0.289 e. The molecule has 0 N–H and O–H groups in total. The first-order valence-electron chi connectivity index (χ1n) is 7.27. The third-order valence-electron chi connectivity index (χ3n) is 4.22. The SMILES string of the molecule is Cc1ccc(C)c(PC(=O)c2c(C)cc(C)c(C)c2C)c1.[Li]. The molecule has 3 heteroatoms. The van der Waals surface area contributed by atoms with Crippen LogP contribution in [0.1, 0.15) is 43.7 Å². The predicted octanol–water partition coefficient (Wildman–Crippen LogP) is 4.30. The van der Waals surface area contributed by atoms with Crippen LogP contribution in [0.5, 0.6) is 0 Å². The molecule has 1 atom stereocenters. The van der Waals surface area contributed by atoms with Crippen molar-refractivity contribution in [2.75, 3.05) is 0 Å². The normalized spacial score (nSPS) is 10.8. The van der Waals surface area contributed by atoms with Gasteiger partial charge in [-0.3, -0.25) is 4.79 Å². The molecule has 0 aromatic heterocycles. The Morgan fingerprint density at radius 1 is 0.818 bits per heavy atom. The zero-order valence-electron chi connectivity index (χ0n) is 14.7. The second-order valence-corrected chi connectivity index (χ2v) is 7.15. The van der Waals surface area contributed by atoms with Gasteiger partial charge in [0.25, 0.3) is 0 Å². The molecule has 0 amide bonds. The van der Waals surface area contributed by atoms with E-state index >= 15 is 0 Å². The van der Waals surface area contributed by atoms with Gasteiger partial charge in [-0.2, -0.15) is 0 Å². The Balaban J connectivity index is 0.00000242. The monoisotopic (exact) mass is 305 g/mol. The van der Waals surface area contributed by atoms with Crippen LogP contribution in [0.15, 0.2) is 24.3 Å². The fourth-order valence-electron chi connectivity index (χ4n) is 2.69. The molecule has 0 aliphatic carbocycles. The molecular formula is C19H23LiOP. The van der Waals surface area contributed by atoms with Crippen molar-refractivity contribution in [1.82, 2.24) is 0 Å². The van der Waals surface area contributed by atoms with Crippen molar-refractivity contribution in [3.05, 3.63) is 63.2 Å². The Labute approximate surface area is 147 Å². The molecule has 0 heterocycles. The molecule has 0 spiro atoms. The molecular weight excluding hydrogens is 282 g/mol. The van der Waals surface area contributed by atoms with E-state index in [1.165, 1.54) is 22.3 Å². The summed E-state index contributed by atoms with van der Waals surface area (Å²) >= 11 is 0. The zero-order chi connectivity index (χ0) is 15.7. The van der Waals surface area contributed by atoms with E-state index in [-0.39, 0.29) is 33.0 Å². The van der Waals surface area contributed by atoms with Gasteiger partial charge in [-0.15, -0.1) is 0 Å². The molecule has 0 saturated heterocycles. The maximum atomic E-state index is 12.8. The van der Waals surface area contributed by atoms with E-state index in [2.05, 4.69) is 58.9 Å². The van der Waals surface area contributed by atoms with Crippen LogP contribution in [0.3, 0.4) is 0 Å². The molecule has 2 aromatic carbocycles. The van der Waals surface area contributed by atoms with Crippen LogP contribution in [0, 0.1) is 41.5 Å². The Bertz CT molecular complexity index is 720. The van der Waals surface area contributed by atoms with Crippen LogP contribution in [0.2, 0.25) is 0 Å². The Kier molecular flexibility index (Phi) is 6.63. The number of rotatable bonds is 3. The summed E-state index contributed by atoms with van der Waals surface area (Å²) in [6.45, 7) is 12.5. The molecule has 0 bridgehead atoms. The van der Waals surface area contributed by atoms with Crippen LogP contribution in [-0.4, -0.2) is 24.4 Å². The van der Waals surface area contributed by atoms with Crippen molar-refractivity contribution < 1.29 is 4.79 Å². The van der Waals surface area contributed by atoms with Crippen molar-refractivity contribution in [2.45, 2.75) is 41.5 Å². The summed E-state index contributed by atoms with van der Waals surface area (Å²) in [5.74, 6) is 0. The third-order valence-corrected chi connectivity index (χ3v) is 5.51. The van der Waals surface area contributed by atoms with Gasteiger partial charge in [0.2, 0.25) is 0 Å². The quantitative estimate of drug-likeness (QED) is 0.610. The fourth-order valence-corrected chi connectivity index (χ4v) is 4.02. The van der Waals surface area contributed by atoms with Gasteiger partial charge in [0, 0.05) is 24.4 Å². The summed E-state index contributed by atoms with van der Waals surface area (Å²) in [5.41, 5.74) is 8.30. The number of hydrogen-bond donors (Lipinski definition) is 0. The summed E-state index contributed by atoms with van der Waals surface area (Å²) in [6.07, 6.45) is 0. The number of carbonyl (C=O) groups excluding carboxylic acids is 1. The second-order valence-electron chi connectivity index (χ2n) is 5.91. The van der Waals surface area contributed by atoms with Gasteiger partial charge in [0.05, 0.1) is 0 Å². The van der Waals surface area contributed by atoms with Crippen molar-refractivity contribution in [1.29, 1.82) is 0 Å². The van der Waals surface area contributed by atoms with Gasteiger partial charge >= 0.3 is 0 Å². The van der Waals surface area contributed by atoms with E-state index < -0.39 is 0 Å². The first kappa shape index (κ1) is 19.2. The van der Waals surface area contributed by atoms with E-state index in [4.69, 9.17) is 0 Å². The summed E-state index contributed by atoms with van der Waals surface area (Å²) in [4.78, 5) is 12.8. The van der Waals surface area contributed by atoms with Gasteiger partial charge < -0.3 is 0 Å². The van der Waals surface area contributed by atoms with E-state index in [9.17, 15) is 4.79 Å². The van der Waals surface area contributed by atoms with Crippen LogP contribution >= 0.6 is 8.58 Å². The van der Waals surface area contributed by atoms with Gasteiger partial charge in [0.1, 0.15) is 0 Å². The fraction of sp³-hybridized carbons (Fsp3) is 0.316. The molecule has 0 saturated carbocycles. The molecule has 22 heavy (non-hydrogen) atoms. The maximum absolute atomic E-state index is 12.8. The topological polar surface area (TPSA) is 17.1 Å². The second kappa shape index (κ2) is 7.61. The van der Waals surface area contributed by atoms with Crippen LogP contribution in [-0.2, 0) is 0 Å². The molecule has 1 unspecified atom stereocenters. The van der Waals surface area contributed by atoms with Crippen LogP contribution in [0.25, 0.3) is 0 Å². The molecule has 1 nitrogen and oxygen atoms in total. The van der Waals surface area contributed by atoms with E-state index in [0.717, 1.165) is 22.0 Å². The minimum Gasteiger partial charge on any atom is -0.289 e. The maximum Gasteiger partial charge on any atom is 0.186 e.